The number of amides is 2. The van der Waals surface area contributed by atoms with Crippen molar-refractivity contribution < 1.29 is 14.3 Å². The van der Waals surface area contributed by atoms with Gasteiger partial charge in [0.2, 0.25) is 0 Å². The van der Waals surface area contributed by atoms with E-state index in [0.717, 1.165) is 24.8 Å². The topological polar surface area (TPSA) is 61.4 Å². The largest absolute Gasteiger partial charge is 0.396 e. The van der Waals surface area contributed by atoms with E-state index in [2.05, 4.69) is 10.6 Å². The van der Waals surface area contributed by atoms with E-state index >= 15 is 0 Å². The Morgan fingerprint density at radius 1 is 1.21 bits per heavy atom. The highest BCUT2D eigenvalue weighted by molar-refractivity contribution is 5.75. The number of hydrogen-bond acceptors (Lipinski definition) is 2. The Morgan fingerprint density at radius 3 is 2.63 bits per heavy atom. The summed E-state index contributed by atoms with van der Waals surface area (Å²) < 4.78 is 12.6. The Labute approximate surface area is 112 Å². The lowest BCUT2D eigenvalue weighted by atomic mass is 10.2. The molecule has 0 bridgehead atoms. The van der Waals surface area contributed by atoms with Crippen molar-refractivity contribution in [2.75, 3.05) is 13.2 Å². The number of unbranched alkanes of at least 4 members (excludes halogenated alkanes) is 2. The summed E-state index contributed by atoms with van der Waals surface area (Å²) in [5, 5.41) is 13.8. The summed E-state index contributed by atoms with van der Waals surface area (Å²) >= 11 is 0. The molecule has 3 N–H and O–H groups in total. The molecule has 4 nitrogen and oxygen atoms in total. The van der Waals surface area contributed by atoms with Gasteiger partial charge in [0, 0.05) is 19.4 Å². The Morgan fingerprint density at radius 2 is 1.95 bits per heavy atom. The third kappa shape index (κ3) is 7.21. The lowest BCUT2D eigenvalue weighted by Crippen LogP contribution is -2.32. The molecule has 0 fully saturated rings. The van der Waals surface area contributed by atoms with E-state index in [1.807, 2.05) is 0 Å². The molecule has 0 unspecified atom stereocenters. The molecule has 19 heavy (non-hydrogen) atoms. The van der Waals surface area contributed by atoms with E-state index in [9.17, 15) is 9.18 Å². The van der Waals surface area contributed by atoms with Crippen LogP contribution in [0.5, 0.6) is 0 Å². The molecule has 0 aliphatic carbocycles. The average molecular weight is 266 g/mol. The molecule has 1 aromatic rings. The Bertz CT molecular complexity index is 404. The summed E-state index contributed by atoms with van der Waals surface area (Å²) in [4.78, 5) is 11.3. The number of aliphatic hydroxyl groups excluding tert-OH is 1. The first-order valence-electron chi connectivity index (χ1n) is 6.29. The summed E-state index contributed by atoms with van der Waals surface area (Å²) in [7, 11) is 0. The Balaban J connectivity index is 2.17. The van der Waals surface area contributed by atoms with Crippen molar-refractivity contribution in [2.24, 2.45) is 0 Å². The van der Waals surface area contributed by atoms with Crippen LogP contribution < -0.4 is 10.6 Å². The minimum atomic E-state index is -0.286. The molecule has 1 rings (SSSR count). The molecule has 5 heteroatoms. The number of hydrogen-bond donors (Lipinski definition) is 3. The average Bonchev–Trinajstić information content (AvgIpc) is 2.41. The molecule has 0 aliphatic rings. The van der Waals surface area contributed by atoms with Crippen molar-refractivity contribution in [1.29, 1.82) is 0 Å². The zero-order chi connectivity index (χ0) is 13.9. The number of benzene rings is 1. The Hall–Kier alpha value is -1.88. The molecular formula is C14H19FN2O2. The molecule has 2 amide bonds. The Kier molecular flexibility index (Phi) is 7.27. The second kappa shape index (κ2) is 9.10. The van der Waals surface area contributed by atoms with Gasteiger partial charge in [-0.05, 0) is 43.0 Å². The van der Waals surface area contributed by atoms with Gasteiger partial charge in [0.25, 0.3) is 0 Å². The van der Waals surface area contributed by atoms with Crippen LogP contribution in [-0.2, 0) is 0 Å². The minimum absolute atomic E-state index is 0.187. The number of aliphatic hydroxyl groups is 1. The first-order valence-corrected chi connectivity index (χ1v) is 6.29. The summed E-state index contributed by atoms with van der Waals surface area (Å²) in [6.07, 6.45) is 5.69. The monoisotopic (exact) mass is 266 g/mol. The number of nitrogens with one attached hydrogen (secondary N) is 2. The normalized spacial score (nSPS) is 10.6. The summed E-state index contributed by atoms with van der Waals surface area (Å²) in [6.45, 7) is 0.767. The van der Waals surface area contributed by atoms with Crippen LogP contribution in [0.15, 0.2) is 30.5 Å². The lowest BCUT2D eigenvalue weighted by Gasteiger charge is -2.03. The van der Waals surface area contributed by atoms with Gasteiger partial charge >= 0.3 is 6.03 Å². The number of urea groups is 1. The molecule has 0 atom stereocenters. The fourth-order valence-electron chi connectivity index (χ4n) is 1.45. The van der Waals surface area contributed by atoms with Crippen LogP contribution >= 0.6 is 0 Å². The first kappa shape index (κ1) is 15.2. The van der Waals surface area contributed by atoms with Gasteiger partial charge in [-0.3, -0.25) is 0 Å². The van der Waals surface area contributed by atoms with Crippen LogP contribution in [0.1, 0.15) is 24.8 Å². The molecule has 0 heterocycles. The van der Waals surface area contributed by atoms with Crippen molar-refractivity contribution in [3.63, 3.8) is 0 Å². The van der Waals surface area contributed by atoms with Gasteiger partial charge in [0.05, 0.1) is 0 Å². The molecule has 0 spiro atoms. The van der Waals surface area contributed by atoms with E-state index < -0.39 is 0 Å². The van der Waals surface area contributed by atoms with Gasteiger partial charge < -0.3 is 15.7 Å². The third-order valence-electron chi connectivity index (χ3n) is 2.48. The van der Waals surface area contributed by atoms with Gasteiger partial charge in [-0.1, -0.05) is 12.1 Å². The summed E-state index contributed by atoms with van der Waals surface area (Å²) in [5.41, 5.74) is 0.810. The van der Waals surface area contributed by atoms with Crippen LogP contribution in [0.3, 0.4) is 0 Å². The molecular weight excluding hydrogens is 247 g/mol. The van der Waals surface area contributed by atoms with E-state index in [1.165, 1.54) is 18.3 Å². The maximum atomic E-state index is 12.6. The quantitative estimate of drug-likeness (QED) is 0.663. The molecule has 104 valence electrons. The molecule has 0 saturated heterocycles. The molecule has 0 saturated carbocycles. The van der Waals surface area contributed by atoms with Crippen molar-refractivity contribution in [3.8, 4) is 0 Å². The smallest absolute Gasteiger partial charge is 0.318 e. The van der Waals surface area contributed by atoms with Crippen molar-refractivity contribution >= 4 is 12.1 Å². The SMILES string of the molecule is O=C(N/C=C/c1ccc(F)cc1)NCCCCCO. The van der Waals surface area contributed by atoms with Gasteiger partial charge in [-0.25, -0.2) is 9.18 Å². The van der Waals surface area contributed by atoms with Crippen LogP contribution in [0.25, 0.3) is 6.08 Å². The highest BCUT2D eigenvalue weighted by Crippen LogP contribution is 2.03. The summed E-state index contributed by atoms with van der Waals surface area (Å²) in [5.74, 6) is -0.286. The second-order valence-electron chi connectivity index (χ2n) is 4.07. The predicted octanol–water partition coefficient (Wildman–Crippen LogP) is 2.26. The van der Waals surface area contributed by atoms with Crippen LogP contribution in [0.4, 0.5) is 9.18 Å². The van der Waals surface area contributed by atoms with Crippen LogP contribution in [0, 0.1) is 5.82 Å². The van der Waals surface area contributed by atoms with Crippen LogP contribution in [-0.4, -0.2) is 24.3 Å². The van der Waals surface area contributed by atoms with E-state index in [4.69, 9.17) is 5.11 Å². The van der Waals surface area contributed by atoms with Gasteiger partial charge in [-0.2, -0.15) is 0 Å². The highest BCUT2D eigenvalue weighted by Gasteiger charge is 1.95. The number of carbonyl (C=O) groups is 1. The van der Waals surface area contributed by atoms with E-state index in [1.54, 1.807) is 18.2 Å². The molecule has 0 aliphatic heterocycles. The van der Waals surface area contributed by atoms with Crippen molar-refractivity contribution in [3.05, 3.63) is 41.8 Å². The second-order valence-corrected chi connectivity index (χ2v) is 4.07. The summed E-state index contributed by atoms with van der Waals surface area (Å²) in [6, 6.07) is 5.70. The van der Waals surface area contributed by atoms with E-state index in [-0.39, 0.29) is 18.5 Å². The predicted molar refractivity (Wildman–Crippen MR) is 72.9 cm³/mol. The van der Waals surface area contributed by atoms with Crippen molar-refractivity contribution in [2.45, 2.75) is 19.3 Å². The molecule has 1 aromatic carbocycles. The zero-order valence-electron chi connectivity index (χ0n) is 10.7. The van der Waals surface area contributed by atoms with Gasteiger partial charge in [-0.15, -0.1) is 0 Å². The lowest BCUT2D eigenvalue weighted by molar-refractivity contribution is 0.243. The minimum Gasteiger partial charge on any atom is -0.396 e. The van der Waals surface area contributed by atoms with Crippen molar-refractivity contribution in [1.82, 2.24) is 10.6 Å². The fraction of sp³-hybridized carbons (Fsp3) is 0.357. The number of carbonyl (C=O) groups excluding carboxylic acids is 1. The molecule has 0 aromatic heterocycles. The third-order valence-corrected chi connectivity index (χ3v) is 2.48. The highest BCUT2D eigenvalue weighted by atomic mass is 19.1. The van der Waals surface area contributed by atoms with Gasteiger partial charge in [0.15, 0.2) is 0 Å². The first-order chi connectivity index (χ1) is 9.22. The maximum absolute atomic E-state index is 12.6. The molecule has 0 radical (unpaired) electrons. The standard InChI is InChI=1S/C14H19FN2O2/c15-13-6-4-12(5-7-13)8-10-17-14(19)16-9-2-1-3-11-18/h4-8,10,18H,1-3,9,11H2,(H2,16,17,19)/b10-8+. The number of halogens is 1. The maximum Gasteiger partial charge on any atom is 0.318 e. The van der Waals surface area contributed by atoms with Gasteiger partial charge in [0.1, 0.15) is 5.82 Å². The zero-order valence-corrected chi connectivity index (χ0v) is 10.7. The number of rotatable bonds is 7. The van der Waals surface area contributed by atoms with E-state index in [0.29, 0.717) is 6.54 Å². The fourth-order valence-corrected chi connectivity index (χ4v) is 1.45. The van der Waals surface area contributed by atoms with Crippen LogP contribution in [0.2, 0.25) is 0 Å².